The number of primary amides is 1. The van der Waals surface area contributed by atoms with E-state index in [-0.39, 0.29) is 30.6 Å². The molecule has 30 heavy (non-hydrogen) atoms. The van der Waals surface area contributed by atoms with Crippen LogP contribution in [0, 0.1) is 6.92 Å². The van der Waals surface area contributed by atoms with Gasteiger partial charge in [-0.25, -0.2) is 9.97 Å². The fourth-order valence-electron chi connectivity index (χ4n) is 3.25. The largest absolute Gasteiger partial charge is 0.461 e. The first-order valence-corrected chi connectivity index (χ1v) is 9.10. The standard InChI is InChI=1S/C20H19N7O3/c1-10-2-3-13-12(9-24-27-13)16(10)11-8-15(25-18(17(11)21)19(22)29)14-4-5-23-20(26-14)30-7-6-28/h2-5,8-9,28H,6-7,21H2,1H3,(H2,22,29)(H,24,27). The maximum Gasteiger partial charge on any atom is 0.317 e. The molecular weight excluding hydrogens is 386 g/mol. The number of anilines is 1. The number of nitrogens with two attached hydrogens (primary N) is 2. The van der Waals surface area contributed by atoms with Gasteiger partial charge in [-0.2, -0.15) is 10.1 Å². The Balaban J connectivity index is 1.95. The molecule has 4 rings (SSSR count). The summed E-state index contributed by atoms with van der Waals surface area (Å²) in [7, 11) is 0. The van der Waals surface area contributed by atoms with Gasteiger partial charge in [0.25, 0.3) is 5.91 Å². The number of aromatic amines is 1. The minimum Gasteiger partial charge on any atom is -0.461 e. The van der Waals surface area contributed by atoms with Crippen LogP contribution in [0.15, 0.2) is 36.7 Å². The van der Waals surface area contributed by atoms with Crippen molar-refractivity contribution in [1.29, 1.82) is 0 Å². The summed E-state index contributed by atoms with van der Waals surface area (Å²) < 4.78 is 5.27. The average Bonchev–Trinajstić information content (AvgIpc) is 3.21. The third-order valence-corrected chi connectivity index (χ3v) is 4.61. The molecule has 3 aromatic heterocycles. The third-order valence-electron chi connectivity index (χ3n) is 4.61. The monoisotopic (exact) mass is 405 g/mol. The number of carbonyl (C=O) groups is 1. The molecule has 0 unspecified atom stereocenters. The van der Waals surface area contributed by atoms with Crippen LogP contribution in [0.4, 0.5) is 5.69 Å². The number of H-pyrrole nitrogens is 1. The van der Waals surface area contributed by atoms with Gasteiger partial charge in [0.15, 0.2) is 5.69 Å². The highest BCUT2D eigenvalue weighted by Crippen LogP contribution is 2.37. The van der Waals surface area contributed by atoms with E-state index in [9.17, 15) is 4.79 Å². The molecule has 0 saturated carbocycles. The number of fused-ring (bicyclic) bond motifs is 1. The predicted octanol–water partition coefficient (Wildman–Crippen LogP) is 1.44. The van der Waals surface area contributed by atoms with Gasteiger partial charge in [0.1, 0.15) is 6.61 Å². The molecule has 0 atom stereocenters. The lowest BCUT2D eigenvalue weighted by Gasteiger charge is -2.15. The van der Waals surface area contributed by atoms with Crippen molar-refractivity contribution in [2.75, 3.05) is 18.9 Å². The number of nitrogen functional groups attached to an aromatic ring is 1. The molecule has 0 fully saturated rings. The molecular formula is C20H19N7O3. The van der Waals surface area contributed by atoms with Gasteiger partial charge in [-0.3, -0.25) is 9.89 Å². The summed E-state index contributed by atoms with van der Waals surface area (Å²) in [6.07, 6.45) is 3.20. The second-order valence-electron chi connectivity index (χ2n) is 6.57. The Hall–Kier alpha value is -4.05. The minimum absolute atomic E-state index is 0.0537. The summed E-state index contributed by atoms with van der Waals surface area (Å²) in [5.74, 6) is -0.751. The van der Waals surface area contributed by atoms with E-state index in [2.05, 4.69) is 25.1 Å². The first-order chi connectivity index (χ1) is 14.5. The van der Waals surface area contributed by atoms with Crippen molar-refractivity contribution in [2.24, 2.45) is 5.73 Å². The van der Waals surface area contributed by atoms with Crippen LogP contribution in [0.3, 0.4) is 0 Å². The van der Waals surface area contributed by atoms with Crippen molar-refractivity contribution >= 4 is 22.5 Å². The van der Waals surface area contributed by atoms with Crippen LogP contribution < -0.4 is 16.2 Å². The van der Waals surface area contributed by atoms with E-state index in [0.29, 0.717) is 17.0 Å². The highest BCUT2D eigenvalue weighted by Gasteiger charge is 2.20. The topological polar surface area (TPSA) is 166 Å². The highest BCUT2D eigenvalue weighted by molar-refractivity contribution is 6.05. The third kappa shape index (κ3) is 3.40. The Morgan fingerprint density at radius 1 is 1.23 bits per heavy atom. The molecule has 3 heterocycles. The number of pyridine rings is 1. The Morgan fingerprint density at radius 2 is 2.07 bits per heavy atom. The van der Waals surface area contributed by atoms with Gasteiger partial charge in [-0.1, -0.05) is 6.07 Å². The summed E-state index contributed by atoms with van der Waals surface area (Å²) >= 11 is 0. The fourth-order valence-corrected chi connectivity index (χ4v) is 3.25. The van der Waals surface area contributed by atoms with Gasteiger partial charge < -0.3 is 21.3 Å². The first-order valence-electron chi connectivity index (χ1n) is 9.10. The van der Waals surface area contributed by atoms with E-state index in [4.69, 9.17) is 21.3 Å². The zero-order chi connectivity index (χ0) is 21.3. The summed E-state index contributed by atoms with van der Waals surface area (Å²) in [4.78, 5) is 24.7. The molecule has 1 aromatic carbocycles. The number of rotatable bonds is 6. The van der Waals surface area contributed by atoms with Gasteiger partial charge in [0, 0.05) is 17.1 Å². The molecule has 0 aliphatic heterocycles. The highest BCUT2D eigenvalue weighted by atomic mass is 16.5. The molecule has 0 saturated heterocycles. The van der Waals surface area contributed by atoms with Crippen LogP contribution in [0.5, 0.6) is 6.01 Å². The van der Waals surface area contributed by atoms with Gasteiger partial charge in [-0.15, -0.1) is 0 Å². The summed E-state index contributed by atoms with van der Waals surface area (Å²) in [5, 5.41) is 16.8. The number of nitrogens with one attached hydrogen (secondary N) is 1. The molecule has 0 radical (unpaired) electrons. The summed E-state index contributed by atoms with van der Waals surface area (Å²) in [6.45, 7) is 1.83. The number of benzene rings is 1. The van der Waals surface area contributed by atoms with Crippen LogP contribution >= 0.6 is 0 Å². The van der Waals surface area contributed by atoms with Crippen molar-refractivity contribution < 1.29 is 14.6 Å². The van der Waals surface area contributed by atoms with E-state index in [1.165, 1.54) is 6.20 Å². The number of ether oxygens (including phenoxy) is 1. The van der Waals surface area contributed by atoms with Crippen molar-refractivity contribution in [1.82, 2.24) is 25.1 Å². The minimum atomic E-state index is -0.751. The smallest absolute Gasteiger partial charge is 0.317 e. The molecule has 0 aliphatic rings. The van der Waals surface area contributed by atoms with E-state index >= 15 is 0 Å². The second kappa shape index (κ2) is 7.76. The van der Waals surface area contributed by atoms with Gasteiger partial charge in [0.05, 0.1) is 35.4 Å². The summed E-state index contributed by atoms with van der Waals surface area (Å²) in [6, 6.07) is 7.31. The molecule has 0 spiro atoms. The predicted molar refractivity (Wildman–Crippen MR) is 111 cm³/mol. The molecule has 0 bridgehead atoms. The zero-order valence-electron chi connectivity index (χ0n) is 16.1. The zero-order valence-corrected chi connectivity index (χ0v) is 16.1. The molecule has 6 N–H and O–H groups in total. The number of aromatic nitrogens is 5. The number of aryl methyl sites for hydroxylation is 1. The van der Waals surface area contributed by atoms with E-state index in [1.54, 1.807) is 18.3 Å². The van der Waals surface area contributed by atoms with Crippen LogP contribution in [-0.2, 0) is 0 Å². The lowest BCUT2D eigenvalue weighted by Crippen LogP contribution is -2.17. The number of aliphatic hydroxyl groups is 1. The lowest BCUT2D eigenvalue weighted by molar-refractivity contribution is 0.0996. The van der Waals surface area contributed by atoms with Gasteiger partial charge in [-0.05, 0) is 36.2 Å². The molecule has 4 aromatic rings. The van der Waals surface area contributed by atoms with Crippen LogP contribution in [0.1, 0.15) is 16.1 Å². The fraction of sp³-hybridized carbons (Fsp3) is 0.150. The molecule has 1 amide bonds. The molecule has 0 aliphatic carbocycles. The lowest BCUT2D eigenvalue weighted by atomic mass is 9.94. The molecule has 10 nitrogen and oxygen atoms in total. The maximum atomic E-state index is 12.1. The van der Waals surface area contributed by atoms with Crippen molar-refractivity contribution in [3.8, 4) is 28.5 Å². The van der Waals surface area contributed by atoms with Crippen molar-refractivity contribution in [3.05, 3.63) is 47.9 Å². The Labute approximate surface area is 170 Å². The molecule has 10 heteroatoms. The van der Waals surface area contributed by atoms with Gasteiger partial charge >= 0.3 is 6.01 Å². The molecule has 152 valence electrons. The Morgan fingerprint density at radius 3 is 2.83 bits per heavy atom. The van der Waals surface area contributed by atoms with Gasteiger partial charge in [0.2, 0.25) is 0 Å². The van der Waals surface area contributed by atoms with E-state index < -0.39 is 5.91 Å². The number of amides is 1. The number of hydrogen-bond donors (Lipinski definition) is 4. The second-order valence-corrected chi connectivity index (χ2v) is 6.57. The van der Waals surface area contributed by atoms with E-state index in [0.717, 1.165) is 22.0 Å². The SMILES string of the molecule is Cc1ccc2[nH]ncc2c1-c1cc(-c2ccnc(OCCO)n2)nc(C(N)=O)c1N. The Bertz CT molecular complexity index is 1250. The summed E-state index contributed by atoms with van der Waals surface area (Å²) in [5.41, 5.74) is 16.0. The number of hydrogen-bond acceptors (Lipinski definition) is 8. The average molecular weight is 405 g/mol. The van der Waals surface area contributed by atoms with E-state index in [1.807, 2.05) is 19.1 Å². The maximum absolute atomic E-state index is 12.1. The van der Waals surface area contributed by atoms with Crippen LogP contribution in [0.25, 0.3) is 33.4 Å². The first kappa shape index (κ1) is 19.3. The number of carbonyl (C=O) groups excluding carboxylic acids is 1. The van der Waals surface area contributed by atoms with Crippen LogP contribution in [0.2, 0.25) is 0 Å². The number of nitrogens with zero attached hydrogens (tertiary/aromatic N) is 4. The number of aliphatic hydroxyl groups excluding tert-OH is 1. The van der Waals surface area contributed by atoms with Crippen molar-refractivity contribution in [2.45, 2.75) is 6.92 Å². The van der Waals surface area contributed by atoms with Crippen molar-refractivity contribution in [3.63, 3.8) is 0 Å². The Kier molecular flexibility index (Phi) is 4.98. The quantitative estimate of drug-likeness (QED) is 0.374. The van der Waals surface area contributed by atoms with Crippen LogP contribution in [-0.4, -0.2) is 49.4 Å². The normalized spacial score (nSPS) is 11.0.